The Bertz CT molecular complexity index is 882. The van der Waals surface area contributed by atoms with Crippen LogP contribution in [0.3, 0.4) is 0 Å². The average Bonchev–Trinajstić information content (AvgIpc) is 3.01. The number of thiophene rings is 1. The van der Waals surface area contributed by atoms with Crippen molar-refractivity contribution in [3.8, 4) is 0 Å². The topological polar surface area (TPSA) is 87.3 Å². The molecule has 1 aliphatic rings. The first-order valence-corrected chi connectivity index (χ1v) is 10.6. The van der Waals surface area contributed by atoms with E-state index in [1.54, 1.807) is 13.0 Å². The fourth-order valence-corrected chi connectivity index (χ4v) is 4.28. The molecule has 0 aliphatic heterocycles. The number of aryl methyl sites for hydroxylation is 2. The zero-order valence-electron chi connectivity index (χ0n) is 16.4. The summed E-state index contributed by atoms with van der Waals surface area (Å²) in [6.07, 6.45) is 8.59. The molecule has 3 amide bonds. The van der Waals surface area contributed by atoms with E-state index in [4.69, 9.17) is 0 Å². The minimum Gasteiger partial charge on any atom is -0.341 e. The van der Waals surface area contributed by atoms with Gasteiger partial charge in [-0.05, 0) is 55.9 Å². The van der Waals surface area contributed by atoms with Crippen LogP contribution in [0.15, 0.2) is 42.5 Å². The Hall–Kier alpha value is -2.93. The van der Waals surface area contributed by atoms with Crippen LogP contribution < -0.4 is 16.2 Å². The fourth-order valence-electron chi connectivity index (χ4n) is 3.13. The molecule has 1 heterocycles. The molecule has 1 aliphatic carbocycles. The van der Waals surface area contributed by atoms with Crippen molar-refractivity contribution in [1.82, 2.24) is 16.2 Å². The molecule has 1 aromatic heterocycles. The van der Waals surface area contributed by atoms with Gasteiger partial charge in [-0.2, -0.15) is 0 Å². The van der Waals surface area contributed by atoms with Gasteiger partial charge in [0.2, 0.25) is 5.91 Å². The van der Waals surface area contributed by atoms with Crippen molar-refractivity contribution in [2.45, 2.75) is 45.1 Å². The molecule has 3 N–H and O–H groups in total. The molecule has 0 radical (unpaired) electrons. The van der Waals surface area contributed by atoms with E-state index in [-0.39, 0.29) is 11.8 Å². The number of amides is 3. The molecule has 152 valence electrons. The van der Waals surface area contributed by atoms with Gasteiger partial charge in [0, 0.05) is 11.0 Å². The van der Waals surface area contributed by atoms with Crippen molar-refractivity contribution in [3.05, 3.63) is 63.4 Å². The largest absolute Gasteiger partial charge is 0.341 e. The lowest BCUT2D eigenvalue weighted by molar-refractivity contribution is -0.127. The van der Waals surface area contributed by atoms with Crippen LogP contribution in [0.1, 0.15) is 51.9 Å². The number of hydrazine groups is 1. The van der Waals surface area contributed by atoms with E-state index in [1.165, 1.54) is 34.3 Å². The second-order valence-corrected chi connectivity index (χ2v) is 8.17. The van der Waals surface area contributed by atoms with Crippen molar-refractivity contribution in [2.75, 3.05) is 0 Å². The molecule has 6 nitrogen and oxygen atoms in total. The lowest BCUT2D eigenvalue weighted by Crippen LogP contribution is -2.50. The molecule has 1 unspecified atom stereocenters. The maximum Gasteiger partial charge on any atom is 0.279 e. The molecule has 2 aromatic rings. The van der Waals surface area contributed by atoms with Crippen molar-refractivity contribution in [2.24, 2.45) is 0 Å². The van der Waals surface area contributed by atoms with Crippen molar-refractivity contribution < 1.29 is 14.4 Å². The smallest absolute Gasteiger partial charge is 0.279 e. The van der Waals surface area contributed by atoms with E-state index in [0.29, 0.717) is 4.88 Å². The molecule has 0 saturated heterocycles. The zero-order valence-corrected chi connectivity index (χ0v) is 17.2. The van der Waals surface area contributed by atoms with E-state index in [2.05, 4.69) is 16.2 Å². The maximum atomic E-state index is 12.3. The predicted octanol–water partition coefficient (Wildman–Crippen LogP) is 3.00. The molecule has 0 bridgehead atoms. The van der Waals surface area contributed by atoms with E-state index in [9.17, 15) is 14.4 Å². The minimum absolute atomic E-state index is 0.334. The maximum absolute atomic E-state index is 12.3. The number of nitrogens with one attached hydrogen (secondary N) is 3. The Balaban J connectivity index is 1.46. The SMILES string of the molecule is CC(NC(=O)/C=C/c1ccccc1)C(=O)NNC(=O)c1cc2c(s1)CCCCC2. The van der Waals surface area contributed by atoms with Crippen LogP contribution >= 0.6 is 11.3 Å². The molecule has 1 aromatic carbocycles. The Morgan fingerprint density at radius 2 is 1.79 bits per heavy atom. The van der Waals surface area contributed by atoms with Crippen molar-refractivity contribution in [3.63, 3.8) is 0 Å². The minimum atomic E-state index is -0.789. The van der Waals surface area contributed by atoms with E-state index < -0.39 is 11.9 Å². The molecular formula is C22H25N3O3S. The molecule has 29 heavy (non-hydrogen) atoms. The Morgan fingerprint density at radius 1 is 1.03 bits per heavy atom. The molecule has 7 heteroatoms. The van der Waals surface area contributed by atoms with E-state index in [0.717, 1.165) is 31.2 Å². The molecule has 0 fully saturated rings. The highest BCUT2D eigenvalue weighted by molar-refractivity contribution is 7.14. The summed E-state index contributed by atoms with van der Waals surface area (Å²) < 4.78 is 0. The summed E-state index contributed by atoms with van der Waals surface area (Å²) in [4.78, 5) is 38.3. The Morgan fingerprint density at radius 3 is 2.59 bits per heavy atom. The van der Waals surface area contributed by atoms with Gasteiger partial charge in [0.15, 0.2) is 0 Å². The van der Waals surface area contributed by atoms with Crippen LogP contribution in [0, 0.1) is 0 Å². The highest BCUT2D eigenvalue weighted by atomic mass is 32.1. The summed E-state index contributed by atoms with van der Waals surface area (Å²) in [5.74, 6) is -1.21. The van der Waals surface area contributed by atoms with Gasteiger partial charge in [0.25, 0.3) is 11.8 Å². The predicted molar refractivity (Wildman–Crippen MR) is 114 cm³/mol. The second kappa shape index (κ2) is 10.0. The third kappa shape index (κ3) is 6.02. The molecule has 0 saturated carbocycles. The number of rotatable bonds is 5. The zero-order chi connectivity index (χ0) is 20.6. The highest BCUT2D eigenvalue weighted by Crippen LogP contribution is 2.28. The lowest BCUT2D eigenvalue weighted by atomic mass is 10.1. The van der Waals surface area contributed by atoms with Crippen molar-refractivity contribution in [1.29, 1.82) is 0 Å². The summed E-state index contributed by atoms with van der Waals surface area (Å²) in [6, 6.07) is 10.5. The number of fused-ring (bicyclic) bond motifs is 1. The van der Waals surface area contributed by atoms with E-state index >= 15 is 0 Å². The van der Waals surface area contributed by atoms with Gasteiger partial charge in [-0.3, -0.25) is 25.2 Å². The fraction of sp³-hybridized carbons (Fsp3) is 0.318. The lowest BCUT2D eigenvalue weighted by Gasteiger charge is -2.13. The number of carbonyl (C=O) groups is 3. The van der Waals surface area contributed by atoms with Gasteiger partial charge in [0.1, 0.15) is 6.04 Å². The number of benzene rings is 1. The summed E-state index contributed by atoms with van der Waals surface area (Å²) in [6.45, 7) is 1.56. The van der Waals surface area contributed by atoms with Gasteiger partial charge >= 0.3 is 0 Å². The Kier molecular flexibility index (Phi) is 7.19. The summed E-state index contributed by atoms with van der Waals surface area (Å²) >= 11 is 1.49. The van der Waals surface area contributed by atoms with Crippen molar-refractivity contribution >= 4 is 35.1 Å². The third-order valence-corrected chi connectivity index (χ3v) is 5.98. The molecule has 0 spiro atoms. The summed E-state index contributed by atoms with van der Waals surface area (Å²) in [5.41, 5.74) is 6.96. The van der Waals surface area contributed by atoms with Gasteiger partial charge in [0.05, 0.1) is 4.88 Å². The van der Waals surface area contributed by atoms with Gasteiger partial charge in [-0.25, -0.2) is 0 Å². The Labute approximate surface area is 174 Å². The second-order valence-electron chi connectivity index (χ2n) is 7.04. The monoisotopic (exact) mass is 411 g/mol. The van der Waals surface area contributed by atoms with Gasteiger partial charge in [-0.1, -0.05) is 36.8 Å². The molecule has 1 atom stereocenters. The van der Waals surface area contributed by atoms with Crippen LogP contribution in [0.2, 0.25) is 0 Å². The van der Waals surface area contributed by atoms with Crippen LogP contribution in [-0.2, 0) is 22.4 Å². The standard InChI is InChI=1S/C22H25N3O3S/c1-15(23-20(26)13-12-16-8-4-2-5-9-16)21(27)24-25-22(28)19-14-17-10-6-3-7-11-18(17)29-19/h2,4-5,8-9,12-15H,3,6-7,10-11H2,1H3,(H,23,26)(H,24,27)(H,25,28)/b13-12+. The summed E-state index contributed by atoms with van der Waals surface area (Å²) in [7, 11) is 0. The van der Waals surface area contributed by atoms with Gasteiger partial charge in [-0.15, -0.1) is 11.3 Å². The first kappa shape index (κ1) is 20.8. The van der Waals surface area contributed by atoms with Crippen LogP contribution in [0.4, 0.5) is 0 Å². The normalized spacial score (nSPS) is 14.5. The van der Waals surface area contributed by atoms with E-state index in [1.807, 2.05) is 36.4 Å². The number of hydrogen-bond donors (Lipinski definition) is 3. The average molecular weight is 412 g/mol. The quantitative estimate of drug-likeness (QED) is 0.402. The highest BCUT2D eigenvalue weighted by Gasteiger charge is 2.18. The first-order chi connectivity index (χ1) is 14.0. The van der Waals surface area contributed by atoms with Crippen LogP contribution in [-0.4, -0.2) is 23.8 Å². The van der Waals surface area contributed by atoms with Crippen LogP contribution in [0.5, 0.6) is 0 Å². The van der Waals surface area contributed by atoms with Crippen LogP contribution in [0.25, 0.3) is 6.08 Å². The number of carbonyl (C=O) groups excluding carboxylic acids is 3. The third-order valence-electron chi connectivity index (χ3n) is 4.75. The molecule has 3 rings (SSSR count). The number of hydrogen-bond acceptors (Lipinski definition) is 4. The van der Waals surface area contributed by atoms with Gasteiger partial charge < -0.3 is 5.32 Å². The summed E-state index contributed by atoms with van der Waals surface area (Å²) in [5, 5.41) is 2.57. The first-order valence-electron chi connectivity index (χ1n) is 9.78. The molecular weight excluding hydrogens is 386 g/mol.